The lowest BCUT2D eigenvalue weighted by Gasteiger charge is -2.26. The molecule has 1 amide bonds. The number of rotatable bonds is 4. The third-order valence-electron chi connectivity index (χ3n) is 7.28. The Morgan fingerprint density at radius 2 is 1.66 bits per heavy atom. The predicted molar refractivity (Wildman–Crippen MR) is 153 cm³/mol. The number of carbonyl (C=O) groups excluding carboxylic acids is 1. The number of nitrogens with one attached hydrogen (secondary N) is 1. The standard InChI is InChI=1S/C31H25ClF3N5O/c32-21-10-13-23-25(16-21)28(24-6-2-3-7-26(24)31(33,34)35)36-17-20-18-37-30(39-27(20)23)38-22-11-8-19(9-12-22)29(41)40-14-4-1-5-15-40/h2-3,6-13,16,18H,1,4-5,14-15,17H2,(H,37,38,39). The molecule has 1 aromatic heterocycles. The van der Waals surface area contributed by atoms with Crippen LogP contribution >= 0.6 is 11.6 Å². The molecule has 0 unspecified atom stereocenters. The van der Waals surface area contributed by atoms with Crippen LogP contribution in [-0.4, -0.2) is 39.6 Å². The molecule has 0 atom stereocenters. The van der Waals surface area contributed by atoms with Crippen molar-refractivity contribution >= 4 is 34.9 Å². The zero-order valence-corrected chi connectivity index (χ0v) is 22.6. The zero-order valence-electron chi connectivity index (χ0n) is 21.9. The molecule has 3 aromatic carbocycles. The van der Waals surface area contributed by atoms with Crippen molar-refractivity contribution in [1.29, 1.82) is 0 Å². The molecule has 6 rings (SSSR count). The number of hydrogen-bond acceptors (Lipinski definition) is 5. The molecule has 41 heavy (non-hydrogen) atoms. The first-order valence-corrected chi connectivity index (χ1v) is 13.7. The zero-order chi connectivity index (χ0) is 28.6. The van der Waals surface area contributed by atoms with Gasteiger partial charge < -0.3 is 10.2 Å². The fourth-order valence-electron chi connectivity index (χ4n) is 5.26. The Hall–Kier alpha value is -4.24. The van der Waals surface area contributed by atoms with Gasteiger partial charge in [-0.15, -0.1) is 0 Å². The molecule has 1 saturated heterocycles. The third-order valence-corrected chi connectivity index (χ3v) is 7.52. The molecule has 0 radical (unpaired) electrons. The number of nitrogens with zero attached hydrogens (tertiary/aromatic N) is 4. The van der Waals surface area contributed by atoms with Crippen molar-refractivity contribution in [2.24, 2.45) is 4.99 Å². The lowest BCUT2D eigenvalue weighted by Crippen LogP contribution is -2.35. The van der Waals surface area contributed by atoms with Gasteiger partial charge >= 0.3 is 6.18 Å². The Kier molecular flexibility index (Phi) is 7.21. The van der Waals surface area contributed by atoms with Crippen LogP contribution < -0.4 is 5.32 Å². The number of halogens is 4. The Morgan fingerprint density at radius 1 is 0.902 bits per heavy atom. The first-order valence-electron chi connectivity index (χ1n) is 13.3. The van der Waals surface area contributed by atoms with Crippen LogP contribution in [-0.2, 0) is 12.7 Å². The summed E-state index contributed by atoms with van der Waals surface area (Å²) in [5.74, 6) is 0.328. The summed E-state index contributed by atoms with van der Waals surface area (Å²) in [6, 6.07) is 17.6. The highest BCUT2D eigenvalue weighted by Gasteiger charge is 2.35. The van der Waals surface area contributed by atoms with Crippen molar-refractivity contribution in [2.75, 3.05) is 18.4 Å². The van der Waals surface area contributed by atoms with Gasteiger partial charge in [-0.25, -0.2) is 9.97 Å². The second kappa shape index (κ2) is 11.0. The van der Waals surface area contributed by atoms with E-state index in [1.165, 1.54) is 12.1 Å². The fourth-order valence-corrected chi connectivity index (χ4v) is 5.43. The van der Waals surface area contributed by atoms with E-state index in [0.717, 1.165) is 38.4 Å². The minimum atomic E-state index is -4.55. The second-order valence-corrected chi connectivity index (χ2v) is 10.5. The van der Waals surface area contributed by atoms with Crippen molar-refractivity contribution < 1.29 is 18.0 Å². The van der Waals surface area contributed by atoms with Crippen LogP contribution in [0.1, 0.15) is 51.9 Å². The number of likely N-dealkylation sites (tertiary alicyclic amines) is 1. The summed E-state index contributed by atoms with van der Waals surface area (Å²) in [6.07, 6.45) is 0.274. The normalized spacial score (nSPS) is 14.9. The van der Waals surface area contributed by atoms with Crippen LogP contribution in [0.2, 0.25) is 5.02 Å². The van der Waals surface area contributed by atoms with Gasteiger partial charge in [-0.1, -0.05) is 35.9 Å². The van der Waals surface area contributed by atoms with Crippen LogP contribution in [0, 0.1) is 0 Å². The summed E-state index contributed by atoms with van der Waals surface area (Å²) in [4.78, 5) is 28.4. The van der Waals surface area contributed by atoms with E-state index in [2.05, 4.69) is 15.3 Å². The van der Waals surface area contributed by atoms with Crippen molar-refractivity contribution in [2.45, 2.75) is 32.0 Å². The maximum atomic E-state index is 13.9. The summed E-state index contributed by atoms with van der Waals surface area (Å²) in [6.45, 7) is 1.65. The number of hydrogen-bond donors (Lipinski definition) is 1. The third kappa shape index (κ3) is 5.54. The van der Waals surface area contributed by atoms with Crippen LogP contribution in [0.25, 0.3) is 11.3 Å². The first kappa shape index (κ1) is 27.0. The van der Waals surface area contributed by atoms with Crippen molar-refractivity contribution in [3.63, 3.8) is 0 Å². The average molecular weight is 576 g/mol. The largest absolute Gasteiger partial charge is 0.417 e. The minimum absolute atomic E-state index is 0.0238. The molecule has 1 N–H and O–H groups in total. The average Bonchev–Trinajstić information content (AvgIpc) is 3.13. The molecular weight excluding hydrogens is 551 g/mol. The second-order valence-electron chi connectivity index (χ2n) is 10.0. The highest BCUT2D eigenvalue weighted by atomic mass is 35.5. The fraction of sp³-hybridized carbons (Fsp3) is 0.226. The number of amides is 1. The first-order chi connectivity index (χ1) is 19.8. The predicted octanol–water partition coefficient (Wildman–Crippen LogP) is 7.54. The molecular formula is C31H25ClF3N5O. The molecule has 0 bridgehead atoms. The van der Waals surface area contributed by atoms with E-state index in [1.807, 2.05) is 4.90 Å². The van der Waals surface area contributed by atoms with E-state index in [0.29, 0.717) is 44.6 Å². The maximum Gasteiger partial charge on any atom is 0.417 e. The van der Waals surface area contributed by atoms with Gasteiger partial charge in [0.15, 0.2) is 0 Å². The highest BCUT2D eigenvalue weighted by molar-refractivity contribution is 6.31. The quantitative estimate of drug-likeness (QED) is 0.273. The van der Waals surface area contributed by atoms with E-state index in [9.17, 15) is 18.0 Å². The van der Waals surface area contributed by atoms with E-state index in [4.69, 9.17) is 16.6 Å². The molecule has 0 spiro atoms. The Labute approximate surface area is 239 Å². The van der Waals surface area contributed by atoms with Gasteiger partial charge in [-0.2, -0.15) is 13.2 Å². The number of anilines is 2. The molecule has 0 aliphatic carbocycles. The molecule has 3 heterocycles. The minimum Gasteiger partial charge on any atom is -0.339 e. The number of alkyl halides is 3. The summed E-state index contributed by atoms with van der Waals surface area (Å²) >= 11 is 6.31. The van der Waals surface area contributed by atoms with Crippen LogP contribution in [0.15, 0.2) is 77.9 Å². The Balaban J connectivity index is 1.32. The van der Waals surface area contributed by atoms with E-state index in [-0.39, 0.29) is 23.7 Å². The van der Waals surface area contributed by atoms with E-state index >= 15 is 0 Å². The molecule has 1 fully saturated rings. The number of aromatic nitrogens is 2. The number of piperidine rings is 1. The van der Waals surface area contributed by atoms with Gasteiger partial charge in [0, 0.05) is 57.8 Å². The SMILES string of the molecule is O=C(c1ccc(Nc2ncc3c(n2)-c2ccc(Cl)cc2C(c2ccccc2C(F)(F)F)=NC3)cc1)N1CCCCC1. The summed E-state index contributed by atoms with van der Waals surface area (Å²) in [5, 5.41) is 3.55. The van der Waals surface area contributed by atoms with E-state index < -0.39 is 11.7 Å². The molecule has 2 aliphatic rings. The molecule has 0 saturated carbocycles. The van der Waals surface area contributed by atoms with Gasteiger partial charge in [-0.3, -0.25) is 9.79 Å². The summed E-state index contributed by atoms with van der Waals surface area (Å²) < 4.78 is 41.7. The molecule has 4 aromatic rings. The maximum absolute atomic E-state index is 13.9. The van der Waals surface area contributed by atoms with E-state index in [1.54, 1.807) is 54.7 Å². The van der Waals surface area contributed by atoms with Crippen LogP contribution in [0.3, 0.4) is 0 Å². The Bertz CT molecular complexity index is 1650. The summed E-state index contributed by atoms with van der Waals surface area (Å²) in [5.41, 5.74) is 2.99. The highest BCUT2D eigenvalue weighted by Crippen LogP contribution is 2.38. The van der Waals surface area contributed by atoms with Gasteiger partial charge in [0.1, 0.15) is 0 Å². The van der Waals surface area contributed by atoms with Crippen molar-refractivity contribution in [1.82, 2.24) is 14.9 Å². The number of aliphatic imine (C=N–C) groups is 1. The van der Waals surface area contributed by atoms with Crippen molar-refractivity contribution in [3.8, 4) is 11.3 Å². The lowest BCUT2D eigenvalue weighted by molar-refractivity contribution is -0.137. The van der Waals surface area contributed by atoms with Gasteiger partial charge in [0.2, 0.25) is 5.95 Å². The van der Waals surface area contributed by atoms with Gasteiger partial charge in [0.05, 0.1) is 23.5 Å². The lowest BCUT2D eigenvalue weighted by atomic mass is 9.92. The number of benzene rings is 3. The molecule has 6 nitrogen and oxygen atoms in total. The monoisotopic (exact) mass is 575 g/mol. The van der Waals surface area contributed by atoms with Crippen LogP contribution in [0.4, 0.5) is 24.8 Å². The van der Waals surface area contributed by atoms with Crippen LogP contribution in [0.5, 0.6) is 0 Å². The van der Waals surface area contributed by atoms with Gasteiger partial charge in [-0.05, 0) is 61.7 Å². The summed E-state index contributed by atoms with van der Waals surface area (Å²) in [7, 11) is 0. The van der Waals surface area contributed by atoms with Gasteiger partial charge in [0.25, 0.3) is 5.91 Å². The molecule has 10 heteroatoms. The van der Waals surface area contributed by atoms with Crippen molar-refractivity contribution in [3.05, 3.63) is 106 Å². The molecule has 208 valence electrons. The number of fused-ring (bicyclic) bond motifs is 3. The topological polar surface area (TPSA) is 70.5 Å². The number of carbonyl (C=O) groups is 1. The smallest absolute Gasteiger partial charge is 0.339 e. The molecule has 2 aliphatic heterocycles. The Morgan fingerprint density at radius 3 is 2.41 bits per heavy atom.